The molecule has 0 aromatic heterocycles. The van der Waals surface area contributed by atoms with Gasteiger partial charge in [-0.2, -0.15) is 0 Å². The van der Waals surface area contributed by atoms with Gasteiger partial charge in [-0.1, -0.05) is 0 Å². The van der Waals surface area contributed by atoms with E-state index in [0.717, 1.165) is 0 Å². The van der Waals surface area contributed by atoms with Crippen LogP contribution in [0.3, 0.4) is 0 Å². The Morgan fingerprint density at radius 2 is 1.86 bits per heavy atom. The lowest BCUT2D eigenvalue weighted by molar-refractivity contribution is -0.749. The van der Waals surface area contributed by atoms with E-state index in [4.69, 9.17) is 5.11 Å². The van der Waals surface area contributed by atoms with E-state index in [-0.39, 0.29) is 6.61 Å². The Hall–Kier alpha value is -1.77. The lowest BCUT2D eigenvalue weighted by Gasteiger charge is -2.07. The smallest absolute Gasteiger partial charge is 0.464 e. The summed E-state index contributed by atoms with van der Waals surface area (Å²) in [5.41, 5.74) is 0. The fourth-order valence-electron chi connectivity index (χ4n) is 0.657. The Kier molecular flexibility index (Phi) is 4.43. The van der Waals surface area contributed by atoms with Gasteiger partial charge in [0.1, 0.15) is 0 Å². The van der Waals surface area contributed by atoms with Gasteiger partial charge in [0.05, 0.1) is 16.5 Å². The zero-order valence-corrected chi connectivity index (χ0v) is 7.15. The van der Waals surface area contributed by atoms with Crippen LogP contribution in [-0.4, -0.2) is 39.8 Å². The second-order valence-electron chi connectivity index (χ2n) is 2.18. The molecule has 0 spiro atoms. The first-order valence-corrected chi connectivity index (χ1v) is 3.53. The SMILES string of the molecule is CCOC(=O)C(O)C([N+](=O)[O-])[N+](=O)[O-]. The average Bonchev–Trinajstić information content (AvgIpc) is 2.03. The van der Waals surface area contributed by atoms with Gasteiger partial charge in [-0.3, -0.25) is 20.2 Å². The van der Waals surface area contributed by atoms with Crippen molar-refractivity contribution < 1.29 is 24.5 Å². The van der Waals surface area contributed by atoms with Crippen molar-refractivity contribution in [1.82, 2.24) is 0 Å². The number of esters is 1. The highest BCUT2D eigenvalue weighted by Crippen LogP contribution is 2.01. The van der Waals surface area contributed by atoms with Crippen molar-refractivity contribution in [2.45, 2.75) is 19.2 Å². The van der Waals surface area contributed by atoms with Crippen LogP contribution in [0, 0.1) is 20.2 Å². The molecule has 0 heterocycles. The third kappa shape index (κ3) is 2.94. The molecule has 0 saturated carbocycles. The zero-order valence-electron chi connectivity index (χ0n) is 7.15. The normalized spacial score (nSPS) is 12.2. The fourth-order valence-corrected chi connectivity index (χ4v) is 0.657. The van der Waals surface area contributed by atoms with Crippen molar-refractivity contribution in [3.05, 3.63) is 20.2 Å². The molecule has 0 aromatic rings. The van der Waals surface area contributed by atoms with Crippen molar-refractivity contribution in [3.63, 3.8) is 0 Å². The first-order valence-electron chi connectivity index (χ1n) is 3.53. The molecule has 9 heteroatoms. The molecule has 0 aliphatic carbocycles. The van der Waals surface area contributed by atoms with Crippen molar-refractivity contribution in [3.8, 4) is 0 Å². The molecule has 14 heavy (non-hydrogen) atoms. The van der Waals surface area contributed by atoms with Gasteiger partial charge in [-0.25, -0.2) is 4.79 Å². The fraction of sp³-hybridized carbons (Fsp3) is 0.800. The van der Waals surface area contributed by atoms with E-state index >= 15 is 0 Å². The molecular weight excluding hydrogens is 200 g/mol. The Bertz CT molecular complexity index is 238. The molecule has 1 unspecified atom stereocenters. The summed E-state index contributed by atoms with van der Waals surface area (Å²) in [6, 6.07) is 0. The lowest BCUT2D eigenvalue weighted by atomic mass is 10.3. The number of nitro groups is 2. The monoisotopic (exact) mass is 208 g/mol. The van der Waals surface area contributed by atoms with Crippen LogP contribution in [0.25, 0.3) is 0 Å². The highest BCUT2D eigenvalue weighted by molar-refractivity contribution is 5.74. The summed E-state index contributed by atoms with van der Waals surface area (Å²) >= 11 is 0. The van der Waals surface area contributed by atoms with E-state index in [9.17, 15) is 25.0 Å². The minimum Gasteiger partial charge on any atom is -0.464 e. The number of hydrogen-bond acceptors (Lipinski definition) is 7. The Morgan fingerprint density at radius 1 is 1.43 bits per heavy atom. The van der Waals surface area contributed by atoms with Crippen LogP contribution in [-0.2, 0) is 9.53 Å². The largest absolute Gasteiger partial charge is 0.486 e. The van der Waals surface area contributed by atoms with Gasteiger partial charge in [-0.05, 0) is 6.92 Å². The van der Waals surface area contributed by atoms with Gasteiger partial charge in [0, 0.05) is 0 Å². The van der Waals surface area contributed by atoms with Crippen molar-refractivity contribution >= 4 is 5.97 Å². The minimum absolute atomic E-state index is 0.127. The number of hydrogen-bond donors (Lipinski definition) is 1. The summed E-state index contributed by atoms with van der Waals surface area (Å²) < 4.78 is 4.19. The molecular formula is C5H8N2O7. The molecule has 0 rings (SSSR count). The van der Waals surface area contributed by atoms with Crippen LogP contribution < -0.4 is 0 Å². The molecule has 0 aliphatic heterocycles. The molecule has 0 aliphatic rings. The lowest BCUT2D eigenvalue weighted by Crippen LogP contribution is -2.45. The molecule has 1 atom stereocenters. The molecule has 0 bridgehead atoms. The molecule has 9 nitrogen and oxygen atoms in total. The summed E-state index contributed by atoms with van der Waals surface area (Å²) in [5, 5.41) is 29.1. The van der Waals surface area contributed by atoms with Gasteiger partial charge >= 0.3 is 12.1 Å². The second kappa shape index (κ2) is 5.07. The number of rotatable bonds is 5. The van der Waals surface area contributed by atoms with E-state index in [1.54, 1.807) is 0 Å². The van der Waals surface area contributed by atoms with Gasteiger partial charge in [0.2, 0.25) is 0 Å². The number of carbonyl (C=O) groups is 1. The molecule has 0 aromatic carbocycles. The molecule has 1 N–H and O–H groups in total. The molecule has 80 valence electrons. The number of aliphatic hydroxyl groups excluding tert-OH is 1. The number of carbonyl (C=O) groups excluding carboxylic acids is 1. The summed E-state index contributed by atoms with van der Waals surface area (Å²) in [5.74, 6) is -1.38. The van der Waals surface area contributed by atoms with Gasteiger partial charge in [0.15, 0.2) is 0 Å². The third-order valence-electron chi connectivity index (χ3n) is 1.24. The summed E-state index contributed by atoms with van der Waals surface area (Å²) in [6.45, 7) is 1.27. The van der Waals surface area contributed by atoms with Crippen molar-refractivity contribution in [2.24, 2.45) is 0 Å². The Balaban J connectivity index is 4.59. The van der Waals surface area contributed by atoms with Gasteiger partial charge < -0.3 is 9.84 Å². The number of nitrogens with zero attached hydrogens (tertiary/aromatic N) is 2. The topological polar surface area (TPSA) is 133 Å². The van der Waals surface area contributed by atoms with Crippen LogP contribution >= 0.6 is 0 Å². The van der Waals surface area contributed by atoms with E-state index in [0.29, 0.717) is 0 Å². The number of ether oxygens (including phenoxy) is 1. The maximum atomic E-state index is 10.7. The second-order valence-corrected chi connectivity index (χ2v) is 2.18. The Labute approximate surface area is 77.6 Å². The molecule has 0 fully saturated rings. The predicted octanol–water partition coefficient (Wildman–Crippen LogP) is -1.21. The van der Waals surface area contributed by atoms with E-state index in [1.165, 1.54) is 6.92 Å². The van der Waals surface area contributed by atoms with Crippen molar-refractivity contribution in [2.75, 3.05) is 6.61 Å². The molecule has 0 amide bonds. The van der Waals surface area contributed by atoms with Crippen LogP contribution in [0.2, 0.25) is 0 Å². The minimum atomic E-state index is -2.59. The molecule has 0 saturated heterocycles. The molecule has 0 radical (unpaired) electrons. The summed E-state index contributed by atoms with van der Waals surface area (Å²) in [6.07, 6.45) is -4.98. The first-order chi connectivity index (χ1) is 6.41. The van der Waals surface area contributed by atoms with Crippen LogP contribution in [0.5, 0.6) is 0 Å². The number of aliphatic hydroxyl groups is 1. The van der Waals surface area contributed by atoms with Crippen molar-refractivity contribution in [1.29, 1.82) is 0 Å². The van der Waals surface area contributed by atoms with Crippen LogP contribution in [0.15, 0.2) is 0 Å². The maximum Gasteiger partial charge on any atom is 0.486 e. The highest BCUT2D eigenvalue weighted by Gasteiger charge is 2.46. The van der Waals surface area contributed by atoms with E-state index in [2.05, 4.69) is 4.74 Å². The summed E-state index contributed by atoms with van der Waals surface area (Å²) in [7, 11) is 0. The highest BCUT2D eigenvalue weighted by atomic mass is 16.7. The van der Waals surface area contributed by atoms with Crippen LogP contribution in [0.1, 0.15) is 6.92 Å². The van der Waals surface area contributed by atoms with E-state index < -0.39 is 28.1 Å². The quantitative estimate of drug-likeness (QED) is 0.259. The first kappa shape index (κ1) is 12.2. The zero-order chi connectivity index (χ0) is 11.3. The standard InChI is InChI=1S/C5H8N2O7/c1-2-14-5(9)3(8)4(6(10)11)7(12)13/h3-4,8H,2H2,1H3. The van der Waals surface area contributed by atoms with Gasteiger partial charge in [0.25, 0.3) is 6.10 Å². The van der Waals surface area contributed by atoms with E-state index in [1.807, 2.05) is 0 Å². The van der Waals surface area contributed by atoms with Crippen LogP contribution in [0.4, 0.5) is 0 Å². The third-order valence-corrected chi connectivity index (χ3v) is 1.24. The summed E-state index contributed by atoms with van der Waals surface area (Å²) in [4.78, 5) is 28.2. The predicted molar refractivity (Wildman–Crippen MR) is 40.4 cm³/mol. The average molecular weight is 208 g/mol. The maximum absolute atomic E-state index is 10.7. The van der Waals surface area contributed by atoms with Gasteiger partial charge in [-0.15, -0.1) is 0 Å². The Morgan fingerprint density at radius 3 is 2.14 bits per heavy atom.